The van der Waals surface area contributed by atoms with E-state index in [9.17, 15) is 14.7 Å². The van der Waals surface area contributed by atoms with Gasteiger partial charge in [0.1, 0.15) is 11.9 Å². The first-order valence-electron chi connectivity index (χ1n) is 7.29. The van der Waals surface area contributed by atoms with E-state index in [2.05, 4.69) is 6.92 Å². The van der Waals surface area contributed by atoms with Crippen molar-refractivity contribution in [3.8, 4) is 0 Å². The first-order valence-corrected chi connectivity index (χ1v) is 7.29. The zero-order chi connectivity index (χ0) is 13.9. The molecule has 2 aliphatic carbocycles. The lowest BCUT2D eigenvalue weighted by molar-refractivity contribution is -0.145. The maximum atomic E-state index is 12.3. The Kier molecular flexibility index (Phi) is 2.79. The van der Waals surface area contributed by atoms with Crippen LogP contribution in [0.2, 0.25) is 0 Å². The molecule has 0 aromatic rings. The molecule has 1 heterocycles. The average molecular weight is 266 g/mol. The Morgan fingerprint density at radius 1 is 1.32 bits per heavy atom. The van der Waals surface area contributed by atoms with Gasteiger partial charge in [-0.25, -0.2) is 0 Å². The van der Waals surface area contributed by atoms with Gasteiger partial charge in [0.15, 0.2) is 0 Å². The van der Waals surface area contributed by atoms with Crippen LogP contribution in [0.4, 0.5) is 0 Å². The summed E-state index contributed by atoms with van der Waals surface area (Å²) in [6.07, 6.45) is 1.20. The number of fused-ring (bicyclic) bond motifs is 2. The molecule has 0 radical (unpaired) electrons. The van der Waals surface area contributed by atoms with Crippen LogP contribution in [-0.2, 0) is 14.3 Å². The number of ketones is 1. The van der Waals surface area contributed by atoms with E-state index >= 15 is 0 Å². The summed E-state index contributed by atoms with van der Waals surface area (Å²) >= 11 is 0. The first kappa shape index (κ1) is 13.1. The van der Waals surface area contributed by atoms with Gasteiger partial charge in [0, 0.05) is 12.3 Å². The summed E-state index contributed by atoms with van der Waals surface area (Å²) < 4.78 is 5.43. The van der Waals surface area contributed by atoms with E-state index in [1.807, 2.05) is 13.8 Å². The Labute approximate surface area is 113 Å². The standard InChI is InChI=1S/C15H22O4/c1-7-6-10-12(8(2)14(18)19-10)13(17)15(3)9(7)4-5-11(15)16/h7-10,12-13,17H,4-6H2,1-3H3/t7-,8-,9+,10-,12-,13+,15+/m1/s1. The normalized spacial score (nSPS) is 53.5. The summed E-state index contributed by atoms with van der Waals surface area (Å²) in [5.41, 5.74) is -0.693. The van der Waals surface area contributed by atoms with Crippen molar-refractivity contribution in [3.05, 3.63) is 0 Å². The molecule has 4 nitrogen and oxygen atoms in total. The second kappa shape index (κ2) is 4.05. The van der Waals surface area contributed by atoms with Crippen LogP contribution in [0, 0.1) is 29.1 Å². The van der Waals surface area contributed by atoms with Crippen LogP contribution in [0.5, 0.6) is 0 Å². The van der Waals surface area contributed by atoms with Gasteiger partial charge >= 0.3 is 5.97 Å². The van der Waals surface area contributed by atoms with Crippen molar-refractivity contribution in [1.82, 2.24) is 0 Å². The van der Waals surface area contributed by atoms with Gasteiger partial charge in [-0.1, -0.05) is 13.8 Å². The van der Waals surface area contributed by atoms with Crippen molar-refractivity contribution in [3.63, 3.8) is 0 Å². The summed E-state index contributed by atoms with van der Waals surface area (Å²) in [5, 5.41) is 10.8. The van der Waals surface area contributed by atoms with Crippen molar-refractivity contribution < 1.29 is 19.4 Å². The maximum absolute atomic E-state index is 12.3. The first-order chi connectivity index (χ1) is 8.87. The van der Waals surface area contributed by atoms with Crippen molar-refractivity contribution in [1.29, 1.82) is 0 Å². The lowest BCUT2D eigenvalue weighted by Crippen LogP contribution is -2.47. The van der Waals surface area contributed by atoms with E-state index in [0.29, 0.717) is 12.3 Å². The number of carbonyl (C=O) groups is 2. The van der Waals surface area contributed by atoms with Gasteiger partial charge in [-0.3, -0.25) is 9.59 Å². The van der Waals surface area contributed by atoms with Gasteiger partial charge < -0.3 is 9.84 Å². The molecule has 3 rings (SSSR count). The SMILES string of the molecule is C[C@@H]1C[C@H]2OC(=O)[C@H](C)[C@H]2[C@H](O)[C@]2(C)C(=O)CC[C@@H]12. The largest absolute Gasteiger partial charge is 0.462 e. The van der Waals surface area contributed by atoms with E-state index < -0.39 is 11.5 Å². The van der Waals surface area contributed by atoms with Crippen molar-refractivity contribution >= 4 is 11.8 Å². The molecular formula is C15H22O4. The molecule has 7 atom stereocenters. The molecule has 0 aromatic heterocycles. The molecule has 1 saturated heterocycles. The lowest BCUT2D eigenvalue weighted by atomic mass is 9.67. The van der Waals surface area contributed by atoms with Crippen molar-refractivity contribution in [2.45, 2.75) is 52.2 Å². The molecule has 4 heteroatoms. The number of Topliss-reactive ketones (excluding diaryl/α,β-unsaturated/α-hetero) is 1. The summed E-state index contributed by atoms with van der Waals surface area (Å²) in [4.78, 5) is 24.1. The lowest BCUT2D eigenvalue weighted by Gasteiger charge is -2.37. The Bertz CT molecular complexity index is 432. The highest BCUT2D eigenvalue weighted by Gasteiger charge is 2.61. The highest BCUT2D eigenvalue weighted by atomic mass is 16.6. The highest BCUT2D eigenvalue weighted by Crippen LogP contribution is 2.55. The van der Waals surface area contributed by atoms with Crippen molar-refractivity contribution in [2.75, 3.05) is 0 Å². The molecule has 1 N–H and O–H groups in total. The van der Waals surface area contributed by atoms with Crippen LogP contribution in [0.25, 0.3) is 0 Å². The number of esters is 1. The number of hydrogen-bond donors (Lipinski definition) is 1. The van der Waals surface area contributed by atoms with E-state index in [4.69, 9.17) is 4.74 Å². The fourth-order valence-electron chi connectivity index (χ4n) is 4.75. The average Bonchev–Trinajstić information content (AvgIpc) is 2.77. The summed E-state index contributed by atoms with van der Waals surface area (Å²) in [6.45, 7) is 5.82. The molecule has 0 unspecified atom stereocenters. The van der Waals surface area contributed by atoms with E-state index in [-0.39, 0.29) is 35.6 Å². The molecule has 0 aromatic carbocycles. The molecular weight excluding hydrogens is 244 g/mol. The third-order valence-electron chi connectivity index (χ3n) is 5.97. The highest BCUT2D eigenvalue weighted by molar-refractivity contribution is 5.88. The topological polar surface area (TPSA) is 63.6 Å². The molecule has 106 valence electrons. The number of ether oxygens (including phenoxy) is 1. The zero-order valence-electron chi connectivity index (χ0n) is 11.8. The Morgan fingerprint density at radius 2 is 2.00 bits per heavy atom. The van der Waals surface area contributed by atoms with Crippen LogP contribution in [0.3, 0.4) is 0 Å². The second-order valence-corrected chi connectivity index (χ2v) is 6.85. The van der Waals surface area contributed by atoms with Crippen LogP contribution < -0.4 is 0 Å². The predicted molar refractivity (Wildman–Crippen MR) is 68.2 cm³/mol. The minimum absolute atomic E-state index is 0.157. The monoisotopic (exact) mass is 266 g/mol. The molecule has 3 fully saturated rings. The van der Waals surface area contributed by atoms with Crippen molar-refractivity contribution in [2.24, 2.45) is 29.1 Å². The Hall–Kier alpha value is -0.900. The fourth-order valence-corrected chi connectivity index (χ4v) is 4.75. The van der Waals surface area contributed by atoms with Gasteiger partial charge in [0.25, 0.3) is 0 Å². The van der Waals surface area contributed by atoms with Gasteiger partial charge in [-0.05, 0) is 31.6 Å². The van der Waals surface area contributed by atoms with E-state index in [1.54, 1.807) is 0 Å². The fraction of sp³-hybridized carbons (Fsp3) is 0.867. The Morgan fingerprint density at radius 3 is 2.68 bits per heavy atom. The third-order valence-corrected chi connectivity index (χ3v) is 5.97. The molecule has 1 aliphatic heterocycles. The number of rotatable bonds is 0. The van der Waals surface area contributed by atoms with Gasteiger partial charge in [-0.15, -0.1) is 0 Å². The summed E-state index contributed by atoms with van der Waals surface area (Å²) in [5.74, 6) is -0.0910. The molecule has 0 amide bonds. The van der Waals surface area contributed by atoms with Gasteiger partial charge in [0.05, 0.1) is 17.4 Å². The minimum atomic E-state index is -0.760. The predicted octanol–water partition coefficient (Wildman–Crippen LogP) is 1.55. The molecule has 0 spiro atoms. The minimum Gasteiger partial charge on any atom is -0.462 e. The molecule has 3 aliphatic rings. The van der Waals surface area contributed by atoms with Crippen LogP contribution in [0.1, 0.15) is 40.0 Å². The molecule has 19 heavy (non-hydrogen) atoms. The third kappa shape index (κ3) is 1.55. The summed E-state index contributed by atoms with van der Waals surface area (Å²) in [6, 6.07) is 0. The number of hydrogen-bond acceptors (Lipinski definition) is 4. The van der Waals surface area contributed by atoms with Gasteiger partial charge in [-0.2, -0.15) is 0 Å². The quantitative estimate of drug-likeness (QED) is 0.676. The van der Waals surface area contributed by atoms with Crippen LogP contribution in [-0.4, -0.2) is 29.1 Å². The smallest absolute Gasteiger partial charge is 0.309 e. The van der Waals surface area contributed by atoms with E-state index in [0.717, 1.165) is 12.8 Å². The number of aliphatic hydroxyl groups excluding tert-OH is 1. The van der Waals surface area contributed by atoms with Crippen LogP contribution in [0.15, 0.2) is 0 Å². The van der Waals surface area contributed by atoms with E-state index in [1.165, 1.54) is 0 Å². The second-order valence-electron chi connectivity index (χ2n) is 6.85. The zero-order valence-corrected chi connectivity index (χ0v) is 11.8. The molecule has 0 bridgehead atoms. The van der Waals surface area contributed by atoms with Crippen LogP contribution >= 0.6 is 0 Å². The number of carbonyl (C=O) groups excluding carboxylic acids is 2. The molecule has 2 saturated carbocycles. The summed E-state index contributed by atoms with van der Waals surface area (Å²) in [7, 11) is 0. The Balaban J connectivity index is 2.04. The number of aliphatic hydroxyl groups is 1. The van der Waals surface area contributed by atoms with Gasteiger partial charge in [0.2, 0.25) is 0 Å². The maximum Gasteiger partial charge on any atom is 0.309 e.